The monoisotopic (exact) mass is 433 g/mol. The van der Waals surface area contributed by atoms with Crippen molar-refractivity contribution in [3.8, 4) is 28.7 Å². The third kappa shape index (κ3) is 4.42. The minimum atomic E-state index is -0.412. The van der Waals surface area contributed by atoms with Gasteiger partial charge in [-0.2, -0.15) is 10.4 Å². The van der Waals surface area contributed by atoms with Gasteiger partial charge in [-0.3, -0.25) is 9.48 Å². The van der Waals surface area contributed by atoms with Crippen molar-refractivity contribution in [1.82, 2.24) is 15.1 Å². The summed E-state index contributed by atoms with van der Waals surface area (Å²) in [4.78, 5) is 12.8. The highest BCUT2D eigenvalue weighted by molar-refractivity contribution is 6.04. The van der Waals surface area contributed by atoms with E-state index in [4.69, 9.17) is 14.6 Å². The Hall–Kier alpha value is -3.87. The lowest BCUT2D eigenvalue weighted by atomic mass is 9.98. The quantitative estimate of drug-likeness (QED) is 0.488. The van der Waals surface area contributed by atoms with Crippen LogP contribution in [0, 0.1) is 11.3 Å². The number of rotatable bonds is 7. The van der Waals surface area contributed by atoms with Crippen molar-refractivity contribution < 1.29 is 19.4 Å². The van der Waals surface area contributed by atoms with Crippen molar-refractivity contribution in [2.24, 2.45) is 7.05 Å². The first kappa shape index (κ1) is 21.4. The van der Waals surface area contributed by atoms with E-state index in [1.54, 1.807) is 29.9 Å². The largest absolute Gasteiger partial charge is 0.486 e. The number of aliphatic hydroxyl groups is 1. The van der Waals surface area contributed by atoms with E-state index in [1.807, 2.05) is 24.3 Å². The molecule has 0 fully saturated rings. The van der Waals surface area contributed by atoms with Crippen molar-refractivity contribution in [2.45, 2.75) is 6.54 Å². The molecule has 9 nitrogen and oxygen atoms in total. The minimum Gasteiger partial charge on any atom is -0.486 e. The number of nitrogens with one attached hydrogen (secondary N) is 2. The molecular formula is C23H23N5O4. The summed E-state index contributed by atoms with van der Waals surface area (Å²) in [6.45, 7) is 1.93. The highest BCUT2D eigenvalue weighted by atomic mass is 16.6. The summed E-state index contributed by atoms with van der Waals surface area (Å²) in [5.74, 6) is 0.884. The molecule has 2 aromatic carbocycles. The molecule has 0 atom stereocenters. The zero-order valence-electron chi connectivity index (χ0n) is 17.6. The summed E-state index contributed by atoms with van der Waals surface area (Å²) < 4.78 is 12.8. The number of benzene rings is 2. The second-order valence-electron chi connectivity index (χ2n) is 7.20. The van der Waals surface area contributed by atoms with E-state index in [2.05, 4.69) is 21.8 Å². The van der Waals surface area contributed by atoms with E-state index in [9.17, 15) is 10.1 Å². The van der Waals surface area contributed by atoms with Gasteiger partial charge in [-0.15, -0.1) is 0 Å². The second-order valence-corrected chi connectivity index (χ2v) is 7.20. The van der Waals surface area contributed by atoms with Crippen LogP contribution in [0.2, 0.25) is 0 Å². The predicted molar refractivity (Wildman–Crippen MR) is 118 cm³/mol. The maximum absolute atomic E-state index is 12.8. The lowest BCUT2D eigenvalue weighted by molar-refractivity contribution is 0.102. The van der Waals surface area contributed by atoms with Crippen LogP contribution in [0.1, 0.15) is 21.7 Å². The molecule has 0 saturated heterocycles. The average molecular weight is 433 g/mol. The lowest BCUT2D eigenvalue weighted by Gasteiger charge is -2.19. The Balaban J connectivity index is 1.58. The number of hydrogen-bond donors (Lipinski definition) is 3. The number of aryl methyl sites for hydroxylation is 1. The van der Waals surface area contributed by atoms with E-state index in [0.29, 0.717) is 54.6 Å². The zero-order chi connectivity index (χ0) is 22.5. The second kappa shape index (κ2) is 9.51. The number of aromatic nitrogens is 2. The van der Waals surface area contributed by atoms with Crippen molar-refractivity contribution in [3.63, 3.8) is 0 Å². The Morgan fingerprint density at radius 2 is 2.03 bits per heavy atom. The fourth-order valence-corrected chi connectivity index (χ4v) is 3.49. The zero-order valence-corrected chi connectivity index (χ0v) is 17.6. The molecule has 1 amide bonds. The molecule has 3 N–H and O–H groups in total. The highest BCUT2D eigenvalue weighted by Crippen LogP contribution is 2.37. The summed E-state index contributed by atoms with van der Waals surface area (Å²) in [7, 11) is 1.75. The van der Waals surface area contributed by atoms with Crippen molar-refractivity contribution in [3.05, 3.63) is 59.4 Å². The standard InChI is InChI=1S/C23H23N5O4/c1-28-16(14-25-7-8-29)12-20(27-28)23(30)26-19-4-2-3-17(18(19)13-24)15-5-6-21-22(11-15)32-10-9-31-21/h2-6,11-12,25,29H,7-10,14H2,1H3,(H,26,30). The molecular weight excluding hydrogens is 410 g/mol. The number of ether oxygens (including phenoxy) is 2. The number of amides is 1. The molecule has 0 saturated carbocycles. The first-order valence-electron chi connectivity index (χ1n) is 10.2. The van der Waals surface area contributed by atoms with Gasteiger partial charge >= 0.3 is 0 Å². The van der Waals surface area contributed by atoms with Gasteiger partial charge in [0.25, 0.3) is 5.91 Å². The number of nitrogens with zero attached hydrogens (tertiary/aromatic N) is 3. The Morgan fingerprint density at radius 3 is 2.81 bits per heavy atom. The third-order valence-corrected chi connectivity index (χ3v) is 5.08. The average Bonchev–Trinajstić information content (AvgIpc) is 3.19. The first-order valence-corrected chi connectivity index (χ1v) is 10.2. The van der Waals surface area contributed by atoms with Crippen LogP contribution < -0.4 is 20.1 Å². The minimum absolute atomic E-state index is 0.0296. The van der Waals surface area contributed by atoms with Gasteiger partial charge in [0, 0.05) is 25.7 Å². The SMILES string of the molecule is Cn1nc(C(=O)Nc2cccc(-c3ccc4c(c3)OCCO4)c2C#N)cc1CNCCO. The molecule has 1 aromatic heterocycles. The molecule has 0 radical (unpaired) electrons. The molecule has 1 aliphatic rings. The molecule has 0 aliphatic carbocycles. The van der Waals surface area contributed by atoms with Crippen LogP contribution in [0.25, 0.3) is 11.1 Å². The molecule has 3 aromatic rings. The van der Waals surface area contributed by atoms with Crippen molar-refractivity contribution in [1.29, 1.82) is 5.26 Å². The number of aliphatic hydroxyl groups excluding tert-OH is 1. The van der Waals surface area contributed by atoms with Gasteiger partial charge in [0.2, 0.25) is 0 Å². The molecule has 0 unspecified atom stereocenters. The van der Waals surface area contributed by atoms with Crippen LogP contribution in [0.5, 0.6) is 11.5 Å². The van der Waals surface area contributed by atoms with Crippen molar-refractivity contribution in [2.75, 3.05) is 31.7 Å². The topological polar surface area (TPSA) is 121 Å². The highest BCUT2D eigenvalue weighted by Gasteiger charge is 2.18. The van der Waals surface area contributed by atoms with Gasteiger partial charge < -0.3 is 25.2 Å². The summed E-state index contributed by atoms with van der Waals surface area (Å²) in [5.41, 5.74) is 3.25. The third-order valence-electron chi connectivity index (χ3n) is 5.08. The van der Waals surface area contributed by atoms with Gasteiger partial charge in [0.05, 0.1) is 23.6 Å². The van der Waals surface area contributed by atoms with Gasteiger partial charge in [0.15, 0.2) is 17.2 Å². The lowest BCUT2D eigenvalue weighted by Crippen LogP contribution is -2.19. The van der Waals surface area contributed by atoms with Gasteiger partial charge in [0.1, 0.15) is 19.3 Å². The molecule has 0 bridgehead atoms. The Kier molecular flexibility index (Phi) is 6.35. The number of carbonyl (C=O) groups is 1. The number of nitriles is 1. The Bertz CT molecular complexity index is 1180. The number of anilines is 1. The summed E-state index contributed by atoms with van der Waals surface area (Å²) in [6.07, 6.45) is 0. The molecule has 0 spiro atoms. The fraction of sp³-hybridized carbons (Fsp3) is 0.261. The van der Waals surface area contributed by atoms with E-state index in [-0.39, 0.29) is 12.3 Å². The number of carbonyl (C=O) groups excluding carboxylic acids is 1. The maximum atomic E-state index is 12.8. The fourth-order valence-electron chi connectivity index (χ4n) is 3.49. The van der Waals surface area contributed by atoms with E-state index in [0.717, 1.165) is 11.3 Å². The van der Waals surface area contributed by atoms with Gasteiger partial charge in [-0.1, -0.05) is 18.2 Å². The van der Waals surface area contributed by atoms with Crippen molar-refractivity contribution >= 4 is 11.6 Å². The van der Waals surface area contributed by atoms with Crippen LogP contribution in [-0.2, 0) is 13.6 Å². The Labute approximate surface area is 185 Å². The molecule has 164 valence electrons. The number of fused-ring (bicyclic) bond motifs is 1. The summed E-state index contributed by atoms with van der Waals surface area (Å²) in [5, 5.41) is 28.9. The van der Waals surface area contributed by atoms with E-state index >= 15 is 0 Å². The van der Waals surface area contributed by atoms with E-state index in [1.165, 1.54) is 0 Å². The normalized spacial score (nSPS) is 12.3. The maximum Gasteiger partial charge on any atom is 0.276 e. The van der Waals surface area contributed by atoms with E-state index < -0.39 is 5.91 Å². The van der Waals surface area contributed by atoms with Crippen LogP contribution in [0.4, 0.5) is 5.69 Å². The Morgan fingerprint density at radius 1 is 1.22 bits per heavy atom. The van der Waals surface area contributed by atoms with Gasteiger partial charge in [-0.05, 0) is 29.8 Å². The molecule has 9 heteroatoms. The van der Waals surface area contributed by atoms with Crippen LogP contribution in [0.3, 0.4) is 0 Å². The molecule has 32 heavy (non-hydrogen) atoms. The first-order chi connectivity index (χ1) is 15.6. The summed E-state index contributed by atoms with van der Waals surface area (Å²) in [6, 6.07) is 14.7. The predicted octanol–water partition coefficient (Wildman–Crippen LogP) is 2.06. The van der Waals surface area contributed by atoms with Crippen LogP contribution >= 0.6 is 0 Å². The molecule has 4 rings (SSSR count). The van der Waals surface area contributed by atoms with Gasteiger partial charge in [-0.25, -0.2) is 0 Å². The molecule has 1 aliphatic heterocycles. The van der Waals surface area contributed by atoms with Crippen LogP contribution in [-0.4, -0.2) is 47.2 Å². The van der Waals surface area contributed by atoms with Crippen LogP contribution in [0.15, 0.2) is 42.5 Å². The summed E-state index contributed by atoms with van der Waals surface area (Å²) >= 11 is 0. The number of hydrogen-bond acceptors (Lipinski definition) is 7. The smallest absolute Gasteiger partial charge is 0.276 e. The molecule has 2 heterocycles.